The standard InChI is InChI=1S/C24H20N2/c1-3-21-16(2)25-26-23(15-19-10-6-7-11-22(19)24(21)26)20-13-12-17-8-4-5-9-18(17)14-20/h4-15H,3H2,1-2H3. The fourth-order valence-electron chi connectivity index (χ4n) is 4.04. The third kappa shape index (κ3) is 2.15. The molecule has 5 aromatic rings. The van der Waals surface area contributed by atoms with Gasteiger partial charge in [-0.15, -0.1) is 0 Å². The molecule has 26 heavy (non-hydrogen) atoms. The first-order valence-electron chi connectivity index (χ1n) is 9.15. The highest BCUT2D eigenvalue weighted by Crippen LogP contribution is 2.32. The maximum atomic E-state index is 4.91. The van der Waals surface area contributed by atoms with Crippen molar-refractivity contribution in [3.05, 3.63) is 84.1 Å². The normalized spacial score (nSPS) is 11.6. The summed E-state index contributed by atoms with van der Waals surface area (Å²) in [6.07, 6.45) is 0.987. The Bertz CT molecular complexity index is 1280. The van der Waals surface area contributed by atoms with Gasteiger partial charge in [-0.05, 0) is 41.6 Å². The van der Waals surface area contributed by atoms with E-state index >= 15 is 0 Å². The molecule has 0 aliphatic carbocycles. The quantitative estimate of drug-likeness (QED) is 0.376. The number of fused-ring (bicyclic) bond motifs is 4. The SMILES string of the molecule is CCc1c(C)nn2c(-c3ccc4ccccc4c3)cc3ccccc3c12. The summed E-state index contributed by atoms with van der Waals surface area (Å²) in [5.41, 5.74) is 6.04. The Kier molecular flexibility index (Phi) is 3.32. The summed E-state index contributed by atoms with van der Waals surface area (Å²) < 4.78 is 2.14. The van der Waals surface area contributed by atoms with Crippen molar-refractivity contribution in [3.8, 4) is 11.3 Å². The molecule has 0 radical (unpaired) electrons. The van der Waals surface area contributed by atoms with Crippen molar-refractivity contribution in [2.24, 2.45) is 0 Å². The number of nitrogens with zero attached hydrogens (tertiary/aromatic N) is 2. The molecule has 0 bridgehead atoms. The monoisotopic (exact) mass is 336 g/mol. The lowest BCUT2D eigenvalue weighted by Gasteiger charge is -2.11. The fourth-order valence-corrected chi connectivity index (χ4v) is 4.04. The Labute approximate surface area is 152 Å². The molecule has 5 rings (SSSR count). The summed E-state index contributed by atoms with van der Waals surface area (Å²) in [5, 5.41) is 9.96. The number of aryl methyl sites for hydroxylation is 2. The average molecular weight is 336 g/mol. The van der Waals surface area contributed by atoms with E-state index in [0.29, 0.717) is 0 Å². The molecule has 0 aliphatic heterocycles. The van der Waals surface area contributed by atoms with Gasteiger partial charge >= 0.3 is 0 Å². The smallest absolute Gasteiger partial charge is 0.0781 e. The highest BCUT2D eigenvalue weighted by Gasteiger charge is 2.15. The van der Waals surface area contributed by atoms with Crippen LogP contribution in [-0.4, -0.2) is 9.61 Å². The van der Waals surface area contributed by atoms with Crippen LogP contribution in [0.15, 0.2) is 72.8 Å². The zero-order chi connectivity index (χ0) is 17.7. The van der Waals surface area contributed by atoms with E-state index in [1.807, 2.05) is 0 Å². The minimum Gasteiger partial charge on any atom is -0.232 e. The van der Waals surface area contributed by atoms with E-state index in [2.05, 4.69) is 91.2 Å². The van der Waals surface area contributed by atoms with Crippen molar-refractivity contribution in [1.82, 2.24) is 9.61 Å². The van der Waals surface area contributed by atoms with Gasteiger partial charge < -0.3 is 0 Å². The van der Waals surface area contributed by atoms with Crippen LogP contribution in [0.2, 0.25) is 0 Å². The minimum absolute atomic E-state index is 0.987. The predicted octanol–water partition coefficient (Wildman–Crippen LogP) is 6.18. The number of hydrogen-bond acceptors (Lipinski definition) is 1. The second-order valence-electron chi connectivity index (χ2n) is 6.86. The molecule has 2 heterocycles. The molecule has 2 aromatic heterocycles. The van der Waals surface area contributed by atoms with Gasteiger partial charge in [0.1, 0.15) is 0 Å². The van der Waals surface area contributed by atoms with E-state index < -0.39 is 0 Å². The van der Waals surface area contributed by atoms with Crippen molar-refractivity contribution in [2.45, 2.75) is 20.3 Å². The Morgan fingerprint density at radius 1 is 0.808 bits per heavy atom. The van der Waals surface area contributed by atoms with Crippen molar-refractivity contribution in [1.29, 1.82) is 0 Å². The van der Waals surface area contributed by atoms with Gasteiger partial charge in [0.05, 0.1) is 16.9 Å². The molecule has 0 atom stereocenters. The number of hydrogen-bond donors (Lipinski definition) is 0. The highest BCUT2D eigenvalue weighted by molar-refractivity contribution is 6.00. The molecule has 0 unspecified atom stereocenters. The Morgan fingerprint density at radius 2 is 1.54 bits per heavy atom. The summed E-state index contributed by atoms with van der Waals surface area (Å²) in [7, 11) is 0. The van der Waals surface area contributed by atoms with Crippen LogP contribution in [0.4, 0.5) is 0 Å². The molecular formula is C24H20N2. The largest absolute Gasteiger partial charge is 0.232 e. The van der Waals surface area contributed by atoms with Gasteiger partial charge in [-0.25, -0.2) is 4.52 Å². The van der Waals surface area contributed by atoms with Crippen LogP contribution in [-0.2, 0) is 6.42 Å². The van der Waals surface area contributed by atoms with E-state index in [4.69, 9.17) is 5.10 Å². The van der Waals surface area contributed by atoms with E-state index in [1.165, 1.54) is 38.2 Å². The molecule has 0 spiro atoms. The van der Waals surface area contributed by atoms with Gasteiger partial charge in [-0.1, -0.05) is 67.6 Å². The summed E-state index contributed by atoms with van der Waals surface area (Å²) in [6.45, 7) is 4.33. The first-order valence-corrected chi connectivity index (χ1v) is 9.15. The molecule has 2 heteroatoms. The van der Waals surface area contributed by atoms with Crippen LogP contribution >= 0.6 is 0 Å². The fraction of sp³-hybridized carbons (Fsp3) is 0.125. The molecule has 0 saturated carbocycles. The number of pyridine rings is 1. The lowest BCUT2D eigenvalue weighted by atomic mass is 10.0. The first-order chi connectivity index (χ1) is 12.8. The molecule has 0 aliphatic rings. The van der Waals surface area contributed by atoms with Crippen LogP contribution in [0.5, 0.6) is 0 Å². The van der Waals surface area contributed by atoms with Crippen LogP contribution in [0.1, 0.15) is 18.2 Å². The summed E-state index contributed by atoms with van der Waals surface area (Å²) >= 11 is 0. The third-order valence-corrected chi connectivity index (χ3v) is 5.32. The molecule has 2 nitrogen and oxygen atoms in total. The van der Waals surface area contributed by atoms with E-state index in [0.717, 1.165) is 17.8 Å². The summed E-state index contributed by atoms with van der Waals surface area (Å²) in [5.74, 6) is 0. The summed E-state index contributed by atoms with van der Waals surface area (Å²) in [4.78, 5) is 0. The zero-order valence-corrected chi connectivity index (χ0v) is 15.0. The number of rotatable bonds is 2. The lowest BCUT2D eigenvalue weighted by molar-refractivity contribution is 0.943. The van der Waals surface area contributed by atoms with Crippen LogP contribution < -0.4 is 0 Å². The molecular weight excluding hydrogens is 316 g/mol. The molecule has 0 fully saturated rings. The molecule has 0 saturated heterocycles. The Balaban J connectivity index is 1.91. The third-order valence-electron chi connectivity index (χ3n) is 5.32. The van der Waals surface area contributed by atoms with Gasteiger partial charge in [0.2, 0.25) is 0 Å². The lowest BCUT2D eigenvalue weighted by Crippen LogP contribution is -1.96. The van der Waals surface area contributed by atoms with Gasteiger partial charge in [0.15, 0.2) is 0 Å². The van der Waals surface area contributed by atoms with Crippen LogP contribution in [0.25, 0.3) is 38.3 Å². The first kappa shape index (κ1) is 15.2. The van der Waals surface area contributed by atoms with E-state index in [1.54, 1.807) is 0 Å². The topological polar surface area (TPSA) is 17.3 Å². The van der Waals surface area contributed by atoms with Gasteiger partial charge in [-0.2, -0.15) is 5.10 Å². The predicted molar refractivity (Wildman–Crippen MR) is 110 cm³/mol. The average Bonchev–Trinajstić information content (AvgIpc) is 3.03. The molecule has 126 valence electrons. The van der Waals surface area contributed by atoms with Crippen molar-refractivity contribution in [3.63, 3.8) is 0 Å². The van der Waals surface area contributed by atoms with Crippen LogP contribution in [0, 0.1) is 6.92 Å². The Hall–Kier alpha value is -3.13. The van der Waals surface area contributed by atoms with Crippen molar-refractivity contribution in [2.75, 3.05) is 0 Å². The molecule has 0 N–H and O–H groups in total. The maximum Gasteiger partial charge on any atom is 0.0781 e. The number of aromatic nitrogens is 2. The van der Waals surface area contributed by atoms with Crippen LogP contribution in [0.3, 0.4) is 0 Å². The Morgan fingerprint density at radius 3 is 2.35 bits per heavy atom. The maximum absolute atomic E-state index is 4.91. The van der Waals surface area contributed by atoms with Crippen molar-refractivity contribution >= 4 is 27.1 Å². The second-order valence-corrected chi connectivity index (χ2v) is 6.86. The minimum atomic E-state index is 0.987. The summed E-state index contributed by atoms with van der Waals surface area (Å²) in [6, 6.07) is 26.0. The van der Waals surface area contributed by atoms with Gasteiger partial charge in [0, 0.05) is 16.5 Å². The highest BCUT2D eigenvalue weighted by atomic mass is 15.2. The zero-order valence-electron chi connectivity index (χ0n) is 15.0. The second kappa shape index (κ2) is 5.70. The van der Waals surface area contributed by atoms with Gasteiger partial charge in [-0.3, -0.25) is 0 Å². The van der Waals surface area contributed by atoms with E-state index in [9.17, 15) is 0 Å². The molecule has 0 amide bonds. The molecule has 3 aromatic carbocycles. The van der Waals surface area contributed by atoms with E-state index in [-0.39, 0.29) is 0 Å². The number of benzene rings is 3. The van der Waals surface area contributed by atoms with Gasteiger partial charge in [0.25, 0.3) is 0 Å². The van der Waals surface area contributed by atoms with Crippen molar-refractivity contribution < 1.29 is 0 Å².